The molecule has 1 aliphatic carbocycles. The monoisotopic (exact) mass is 648 g/mol. The molecule has 0 radical (unpaired) electrons. The van der Waals surface area contributed by atoms with Gasteiger partial charge in [-0.25, -0.2) is 14.6 Å². The number of aromatic carboxylic acids is 1. The number of halogens is 1. The maximum atomic E-state index is 13.0. The number of benzene rings is 2. The van der Waals surface area contributed by atoms with Gasteiger partial charge in [-0.15, -0.1) is 12.4 Å². The quantitative estimate of drug-likeness (QED) is 0.152. The Morgan fingerprint density at radius 2 is 1.93 bits per heavy atom. The van der Waals surface area contributed by atoms with E-state index in [1.165, 1.54) is 33.9 Å². The molecule has 5 aromatic rings. The van der Waals surface area contributed by atoms with E-state index >= 15 is 0 Å². The number of hydrogen-bond acceptors (Lipinski definition) is 9. The minimum absolute atomic E-state index is 0. The summed E-state index contributed by atoms with van der Waals surface area (Å²) in [6.07, 6.45) is 4.04. The summed E-state index contributed by atoms with van der Waals surface area (Å²) in [6.45, 7) is 10.2. The van der Waals surface area contributed by atoms with Crippen LogP contribution in [0.25, 0.3) is 16.7 Å². The zero-order chi connectivity index (χ0) is 31.5. The second kappa shape index (κ2) is 14.8. The standard InChI is InChI=1S/C21H19N5O5.C11H13NO.CH4.ClH/c1-3-8-31-20(30)13-4-5-14-12(11(13)2)6-7-15(14)24-18(27)17-9-16(19(28)29)25-21-22-10-23-26(17)21;1-7-8(2)13-11-4-3-9(6-12)5-10(7)11;;/h3-5,9-10,15H,1,6-8H2,2H3,(H,24,27)(H,28,29);3-5H,6,12H2,1-2H3;1H4;1H/t15-;;;/m0.../s1. The van der Waals surface area contributed by atoms with Gasteiger partial charge in [0.15, 0.2) is 5.69 Å². The number of esters is 1. The average Bonchev–Trinajstić information content (AvgIpc) is 3.73. The molecule has 0 aliphatic heterocycles. The molecule has 1 aliphatic rings. The number of hydrogen-bond donors (Lipinski definition) is 3. The largest absolute Gasteiger partial charge is 0.477 e. The van der Waals surface area contributed by atoms with Crippen molar-refractivity contribution in [3.63, 3.8) is 0 Å². The molecule has 0 saturated carbocycles. The van der Waals surface area contributed by atoms with Crippen molar-refractivity contribution < 1.29 is 28.6 Å². The fourth-order valence-corrected chi connectivity index (χ4v) is 5.30. The van der Waals surface area contributed by atoms with Crippen molar-refractivity contribution in [1.82, 2.24) is 24.9 Å². The fourth-order valence-electron chi connectivity index (χ4n) is 5.30. The van der Waals surface area contributed by atoms with Gasteiger partial charge in [-0.2, -0.15) is 14.6 Å². The average molecular weight is 649 g/mol. The second-order valence-corrected chi connectivity index (χ2v) is 10.4. The molecule has 6 rings (SSSR count). The van der Waals surface area contributed by atoms with E-state index in [0.717, 1.165) is 33.6 Å². The molecule has 13 heteroatoms. The van der Waals surface area contributed by atoms with E-state index in [0.29, 0.717) is 24.9 Å². The lowest BCUT2D eigenvalue weighted by atomic mass is 9.98. The third-order valence-electron chi connectivity index (χ3n) is 7.73. The lowest BCUT2D eigenvalue weighted by Crippen LogP contribution is -2.29. The summed E-state index contributed by atoms with van der Waals surface area (Å²) in [7, 11) is 0. The zero-order valence-electron chi connectivity index (χ0n) is 25.0. The number of aromatic nitrogens is 4. The number of fused-ring (bicyclic) bond motifs is 3. The maximum Gasteiger partial charge on any atom is 0.354 e. The number of nitrogens with two attached hydrogens (primary N) is 1. The summed E-state index contributed by atoms with van der Waals surface area (Å²) in [4.78, 5) is 44.3. The highest BCUT2D eigenvalue weighted by atomic mass is 35.5. The first-order valence-electron chi connectivity index (χ1n) is 14.0. The number of carbonyl (C=O) groups is 3. The summed E-state index contributed by atoms with van der Waals surface area (Å²) in [6, 6.07) is 10.5. The summed E-state index contributed by atoms with van der Waals surface area (Å²) in [5, 5.41) is 17.3. The molecular formula is C33H37ClN6O6. The van der Waals surface area contributed by atoms with Gasteiger partial charge in [0, 0.05) is 18.0 Å². The second-order valence-electron chi connectivity index (χ2n) is 10.4. The fraction of sp³-hybridized carbons (Fsp3) is 0.273. The van der Waals surface area contributed by atoms with Crippen molar-refractivity contribution in [1.29, 1.82) is 0 Å². The van der Waals surface area contributed by atoms with Crippen molar-refractivity contribution in [2.24, 2.45) is 5.73 Å². The predicted molar refractivity (Wildman–Crippen MR) is 175 cm³/mol. The molecule has 3 aromatic heterocycles. The SMILES string of the molecule is C.C=CCOC(=O)c1ccc2c(c1C)CC[C@@H]2NC(=O)c1cc(C(=O)O)nc2ncnn12.Cc1oc2ccc(CN)cc2c1C.Cl. The maximum absolute atomic E-state index is 13.0. The molecule has 3 heterocycles. The number of nitrogens with one attached hydrogen (secondary N) is 1. The summed E-state index contributed by atoms with van der Waals surface area (Å²) in [5.74, 6) is -1.17. The van der Waals surface area contributed by atoms with Crippen LogP contribution >= 0.6 is 12.4 Å². The van der Waals surface area contributed by atoms with Crippen LogP contribution in [-0.4, -0.2) is 49.1 Å². The molecule has 12 nitrogen and oxygen atoms in total. The van der Waals surface area contributed by atoms with Crippen LogP contribution < -0.4 is 11.1 Å². The van der Waals surface area contributed by atoms with Gasteiger partial charge in [0.05, 0.1) is 11.6 Å². The van der Waals surface area contributed by atoms with Crippen LogP contribution in [0.5, 0.6) is 0 Å². The lowest BCUT2D eigenvalue weighted by molar-refractivity contribution is 0.0548. The first-order valence-corrected chi connectivity index (χ1v) is 14.0. The highest BCUT2D eigenvalue weighted by Gasteiger charge is 2.29. The molecule has 1 amide bonds. The third-order valence-corrected chi connectivity index (χ3v) is 7.73. The van der Waals surface area contributed by atoms with Crippen LogP contribution in [0.2, 0.25) is 0 Å². The van der Waals surface area contributed by atoms with E-state index < -0.39 is 17.8 Å². The van der Waals surface area contributed by atoms with Crippen LogP contribution in [0, 0.1) is 20.8 Å². The number of carboxylic acid groups (broad SMARTS) is 1. The van der Waals surface area contributed by atoms with Crippen LogP contribution in [0.3, 0.4) is 0 Å². The number of rotatable bonds is 7. The van der Waals surface area contributed by atoms with Crippen molar-refractivity contribution >= 4 is 47.0 Å². The van der Waals surface area contributed by atoms with E-state index in [4.69, 9.17) is 14.9 Å². The van der Waals surface area contributed by atoms with E-state index in [9.17, 15) is 19.5 Å². The highest BCUT2D eigenvalue weighted by Crippen LogP contribution is 2.35. The first-order chi connectivity index (χ1) is 21.1. The Labute approximate surface area is 272 Å². The number of carbonyl (C=O) groups excluding carboxylic acids is 2. The molecule has 0 spiro atoms. The molecular weight excluding hydrogens is 612 g/mol. The van der Waals surface area contributed by atoms with E-state index in [2.05, 4.69) is 40.0 Å². The summed E-state index contributed by atoms with van der Waals surface area (Å²) < 4.78 is 11.9. The molecule has 46 heavy (non-hydrogen) atoms. The molecule has 242 valence electrons. The van der Waals surface area contributed by atoms with Gasteiger partial charge in [-0.1, -0.05) is 32.2 Å². The molecule has 1 atom stereocenters. The minimum atomic E-state index is -1.27. The van der Waals surface area contributed by atoms with E-state index in [1.54, 1.807) is 6.07 Å². The van der Waals surface area contributed by atoms with E-state index in [1.807, 2.05) is 32.0 Å². The predicted octanol–water partition coefficient (Wildman–Crippen LogP) is 5.46. The lowest BCUT2D eigenvalue weighted by Gasteiger charge is -2.16. The van der Waals surface area contributed by atoms with Crippen molar-refractivity contribution in [3.05, 3.63) is 106 Å². The Hall–Kier alpha value is -5.07. The number of aryl methyl sites for hydroxylation is 2. The smallest absolute Gasteiger partial charge is 0.354 e. The van der Waals surface area contributed by atoms with Gasteiger partial charge >= 0.3 is 11.9 Å². The molecule has 2 aromatic carbocycles. The molecule has 0 saturated heterocycles. The first kappa shape index (κ1) is 35.4. The van der Waals surface area contributed by atoms with Gasteiger partial charge < -0.3 is 25.3 Å². The van der Waals surface area contributed by atoms with E-state index in [-0.39, 0.29) is 49.6 Å². The number of amides is 1. The summed E-state index contributed by atoms with van der Waals surface area (Å²) in [5.41, 5.74) is 11.8. The Bertz CT molecular complexity index is 1930. The Morgan fingerprint density at radius 3 is 2.63 bits per heavy atom. The Balaban J connectivity index is 0.000000323. The van der Waals surface area contributed by atoms with Crippen LogP contribution in [0.4, 0.5) is 0 Å². The van der Waals surface area contributed by atoms with Gasteiger partial charge in [-0.3, -0.25) is 4.79 Å². The number of furan rings is 1. The number of carboxylic acids is 1. The number of ether oxygens (including phenoxy) is 1. The minimum Gasteiger partial charge on any atom is -0.477 e. The van der Waals surface area contributed by atoms with Crippen molar-refractivity contribution in [2.75, 3.05) is 6.61 Å². The van der Waals surface area contributed by atoms with Crippen molar-refractivity contribution in [3.8, 4) is 0 Å². The number of nitrogens with zero attached hydrogens (tertiary/aromatic N) is 4. The molecule has 4 N–H and O–H groups in total. The molecule has 0 fully saturated rings. The summed E-state index contributed by atoms with van der Waals surface area (Å²) >= 11 is 0. The van der Waals surface area contributed by atoms with Crippen LogP contribution in [0.15, 0.2) is 59.8 Å². The zero-order valence-corrected chi connectivity index (χ0v) is 25.8. The third kappa shape index (κ3) is 6.93. The van der Waals surface area contributed by atoms with Gasteiger partial charge in [-0.05, 0) is 79.6 Å². The Kier molecular flexibility index (Phi) is 11.4. The Morgan fingerprint density at radius 1 is 1.17 bits per heavy atom. The van der Waals surface area contributed by atoms with Crippen molar-refractivity contribution in [2.45, 2.75) is 53.6 Å². The topological polar surface area (TPSA) is 175 Å². The molecule has 0 unspecified atom stereocenters. The molecule has 0 bridgehead atoms. The highest BCUT2D eigenvalue weighted by molar-refractivity contribution is 5.96. The van der Waals surface area contributed by atoms with Gasteiger partial charge in [0.1, 0.15) is 30.0 Å². The van der Waals surface area contributed by atoms with Crippen LogP contribution in [-0.2, 0) is 17.7 Å². The normalized spacial score (nSPS) is 13.1. The van der Waals surface area contributed by atoms with Gasteiger partial charge in [0.2, 0.25) is 0 Å². The van der Waals surface area contributed by atoms with Gasteiger partial charge in [0.25, 0.3) is 11.7 Å². The van der Waals surface area contributed by atoms with Crippen LogP contribution in [0.1, 0.15) is 84.8 Å².